The van der Waals surface area contributed by atoms with Gasteiger partial charge in [-0.05, 0) is 18.2 Å². The number of hydrogen-bond acceptors (Lipinski definition) is 4. The van der Waals surface area contributed by atoms with E-state index in [1.54, 1.807) is 0 Å². The van der Waals surface area contributed by atoms with Gasteiger partial charge in [0.15, 0.2) is 0 Å². The number of hydrogen-bond donors (Lipinski definition) is 0. The number of nitrogens with zero attached hydrogens (tertiary/aromatic N) is 3. The molecular formula is C12H12ClN3O. The Morgan fingerprint density at radius 1 is 1.18 bits per heavy atom. The van der Waals surface area contributed by atoms with Crippen molar-refractivity contribution in [3.63, 3.8) is 0 Å². The monoisotopic (exact) mass is 249 g/mol. The van der Waals surface area contributed by atoms with Crippen molar-refractivity contribution in [1.29, 1.82) is 0 Å². The number of halogens is 1. The summed E-state index contributed by atoms with van der Waals surface area (Å²) < 4.78 is 5.34. The molecule has 0 N–H and O–H groups in total. The van der Waals surface area contributed by atoms with E-state index in [9.17, 15) is 0 Å². The van der Waals surface area contributed by atoms with Crippen molar-refractivity contribution in [3.05, 3.63) is 29.7 Å². The molecule has 0 aliphatic carbocycles. The highest BCUT2D eigenvalue weighted by molar-refractivity contribution is 6.34. The lowest BCUT2D eigenvalue weighted by molar-refractivity contribution is 0.122. The second kappa shape index (κ2) is 4.47. The Labute approximate surface area is 104 Å². The molecule has 0 unspecified atom stereocenters. The number of anilines is 1. The number of benzene rings is 1. The van der Waals surface area contributed by atoms with Crippen LogP contribution in [0.15, 0.2) is 24.5 Å². The van der Waals surface area contributed by atoms with E-state index in [2.05, 4.69) is 20.9 Å². The van der Waals surface area contributed by atoms with Gasteiger partial charge in [-0.3, -0.25) is 0 Å². The molecule has 0 atom stereocenters. The standard InChI is InChI=1S/C12H12ClN3O/c13-12-10-2-1-9(7-11(10)14-8-15-12)16-3-5-17-6-4-16/h1-2,7-8H,3-6H2. The molecule has 1 aliphatic heterocycles. The van der Waals surface area contributed by atoms with Crippen LogP contribution in [0.2, 0.25) is 5.15 Å². The smallest absolute Gasteiger partial charge is 0.140 e. The van der Waals surface area contributed by atoms with Crippen molar-refractivity contribution in [2.75, 3.05) is 31.2 Å². The fraction of sp³-hybridized carbons (Fsp3) is 0.333. The van der Waals surface area contributed by atoms with E-state index < -0.39 is 0 Å². The first-order valence-electron chi connectivity index (χ1n) is 5.57. The molecule has 1 fully saturated rings. The highest BCUT2D eigenvalue weighted by Crippen LogP contribution is 2.24. The van der Waals surface area contributed by atoms with E-state index in [4.69, 9.17) is 16.3 Å². The lowest BCUT2D eigenvalue weighted by Crippen LogP contribution is -2.36. The number of aromatic nitrogens is 2. The van der Waals surface area contributed by atoms with E-state index in [1.807, 2.05) is 12.1 Å². The van der Waals surface area contributed by atoms with Crippen LogP contribution in [-0.2, 0) is 4.74 Å². The first kappa shape index (κ1) is 10.7. The maximum absolute atomic E-state index is 6.01. The highest BCUT2D eigenvalue weighted by Gasteiger charge is 2.12. The minimum Gasteiger partial charge on any atom is -0.378 e. The molecule has 0 spiro atoms. The van der Waals surface area contributed by atoms with E-state index in [0.717, 1.165) is 42.9 Å². The van der Waals surface area contributed by atoms with Gasteiger partial charge in [-0.2, -0.15) is 0 Å². The Kier molecular flexibility index (Phi) is 2.82. The molecule has 0 amide bonds. The van der Waals surface area contributed by atoms with Gasteiger partial charge in [0.25, 0.3) is 0 Å². The summed E-state index contributed by atoms with van der Waals surface area (Å²) in [6.45, 7) is 3.40. The topological polar surface area (TPSA) is 38.2 Å². The molecule has 2 heterocycles. The summed E-state index contributed by atoms with van der Waals surface area (Å²) in [4.78, 5) is 10.5. The first-order valence-corrected chi connectivity index (χ1v) is 5.95. The van der Waals surface area contributed by atoms with Crippen LogP contribution in [0.25, 0.3) is 10.9 Å². The van der Waals surface area contributed by atoms with E-state index >= 15 is 0 Å². The molecule has 3 rings (SSSR count). The quantitative estimate of drug-likeness (QED) is 0.726. The van der Waals surface area contributed by atoms with Crippen molar-refractivity contribution < 1.29 is 4.74 Å². The molecule has 4 nitrogen and oxygen atoms in total. The minimum absolute atomic E-state index is 0.503. The van der Waals surface area contributed by atoms with Crippen LogP contribution in [0.3, 0.4) is 0 Å². The summed E-state index contributed by atoms with van der Waals surface area (Å²) in [6.07, 6.45) is 1.49. The zero-order valence-electron chi connectivity index (χ0n) is 9.27. The number of morpholine rings is 1. The maximum atomic E-state index is 6.01. The summed E-state index contributed by atoms with van der Waals surface area (Å²) in [5, 5.41) is 1.40. The van der Waals surface area contributed by atoms with Gasteiger partial charge >= 0.3 is 0 Å². The molecule has 2 aromatic rings. The fourth-order valence-electron chi connectivity index (χ4n) is 2.03. The summed E-state index contributed by atoms with van der Waals surface area (Å²) >= 11 is 6.01. The highest BCUT2D eigenvalue weighted by atomic mass is 35.5. The lowest BCUT2D eigenvalue weighted by atomic mass is 10.2. The van der Waals surface area contributed by atoms with Crippen molar-refractivity contribution in [3.8, 4) is 0 Å². The molecular weight excluding hydrogens is 238 g/mol. The molecule has 0 saturated carbocycles. The van der Waals surface area contributed by atoms with Gasteiger partial charge in [0, 0.05) is 24.2 Å². The van der Waals surface area contributed by atoms with Gasteiger partial charge in [-0.25, -0.2) is 9.97 Å². The molecule has 1 aromatic heterocycles. The van der Waals surface area contributed by atoms with Crippen LogP contribution in [-0.4, -0.2) is 36.3 Å². The summed E-state index contributed by atoms with van der Waals surface area (Å²) in [5.74, 6) is 0. The van der Waals surface area contributed by atoms with Gasteiger partial charge in [0.1, 0.15) is 11.5 Å². The van der Waals surface area contributed by atoms with Crippen molar-refractivity contribution >= 4 is 28.2 Å². The Bertz CT molecular complexity index is 540. The third-order valence-electron chi connectivity index (χ3n) is 2.95. The Hall–Kier alpha value is -1.39. The largest absolute Gasteiger partial charge is 0.378 e. The molecule has 5 heteroatoms. The zero-order valence-corrected chi connectivity index (χ0v) is 10.0. The minimum atomic E-state index is 0.503. The summed E-state index contributed by atoms with van der Waals surface area (Å²) in [6, 6.07) is 6.08. The van der Waals surface area contributed by atoms with Gasteiger partial charge in [0.2, 0.25) is 0 Å². The Morgan fingerprint density at radius 2 is 2.00 bits per heavy atom. The molecule has 1 aliphatic rings. The second-order valence-electron chi connectivity index (χ2n) is 3.97. The van der Waals surface area contributed by atoms with Crippen LogP contribution >= 0.6 is 11.6 Å². The van der Waals surface area contributed by atoms with Crippen LogP contribution < -0.4 is 4.90 Å². The summed E-state index contributed by atoms with van der Waals surface area (Å²) in [7, 11) is 0. The predicted molar refractivity (Wildman–Crippen MR) is 67.6 cm³/mol. The molecule has 1 saturated heterocycles. The lowest BCUT2D eigenvalue weighted by Gasteiger charge is -2.28. The molecule has 1 aromatic carbocycles. The average Bonchev–Trinajstić information content (AvgIpc) is 2.40. The van der Waals surface area contributed by atoms with E-state index in [1.165, 1.54) is 6.33 Å². The van der Waals surface area contributed by atoms with Crippen LogP contribution in [0.4, 0.5) is 5.69 Å². The summed E-state index contributed by atoms with van der Waals surface area (Å²) in [5.41, 5.74) is 2.05. The predicted octanol–water partition coefficient (Wildman–Crippen LogP) is 2.12. The number of fused-ring (bicyclic) bond motifs is 1. The van der Waals surface area contributed by atoms with Crippen LogP contribution in [0.5, 0.6) is 0 Å². The third-order valence-corrected chi connectivity index (χ3v) is 3.25. The van der Waals surface area contributed by atoms with Gasteiger partial charge in [0.05, 0.1) is 18.7 Å². The molecule has 17 heavy (non-hydrogen) atoms. The molecule has 0 radical (unpaired) electrons. The van der Waals surface area contributed by atoms with Gasteiger partial charge in [-0.15, -0.1) is 0 Å². The van der Waals surface area contributed by atoms with Gasteiger partial charge in [-0.1, -0.05) is 11.6 Å². The van der Waals surface area contributed by atoms with Crippen molar-refractivity contribution in [2.24, 2.45) is 0 Å². The third kappa shape index (κ3) is 2.06. The first-order chi connectivity index (χ1) is 8.34. The fourth-order valence-corrected chi connectivity index (χ4v) is 2.23. The molecule has 88 valence electrons. The SMILES string of the molecule is Clc1ncnc2cc(N3CCOCC3)ccc12. The average molecular weight is 250 g/mol. The number of rotatable bonds is 1. The van der Waals surface area contributed by atoms with E-state index in [-0.39, 0.29) is 0 Å². The maximum Gasteiger partial charge on any atom is 0.140 e. The van der Waals surface area contributed by atoms with Crippen molar-refractivity contribution in [1.82, 2.24) is 9.97 Å². The van der Waals surface area contributed by atoms with Crippen LogP contribution in [0.1, 0.15) is 0 Å². The Morgan fingerprint density at radius 3 is 2.82 bits per heavy atom. The van der Waals surface area contributed by atoms with Crippen LogP contribution in [0, 0.1) is 0 Å². The number of ether oxygens (including phenoxy) is 1. The second-order valence-corrected chi connectivity index (χ2v) is 4.32. The van der Waals surface area contributed by atoms with Crippen molar-refractivity contribution in [2.45, 2.75) is 0 Å². The zero-order chi connectivity index (χ0) is 11.7. The van der Waals surface area contributed by atoms with E-state index in [0.29, 0.717) is 5.15 Å². The Balaban J connectivity index is 2.01. The molecule has 0 bridgehead atoms. The van der Waals surface area contributed by atoms with Gasteiger partial charge < -0.3 is 9.64 Å². The normalized spacial score (nSPS) is 16.4.